The summed E-state index contributed by atoms with van der Waals surface area (Å²) < 4.78 is 2.16. The number of hydrogen-bond acceptors (Lipinski definition) is 3. The summed E-state index contributed by atoms with van der Waals surface area (Å²) in [5.41, 5.74) is 7.69. The van der Waals surface area contributed by atoms with Gasteiger partial charge in [0.25, 0.3) is 0 Å². The number of nitrogen functional groups attached to an aromatic ring is 1. The van der Waals surface area contributed by atoms with E-state index in [0.29, 0.717) is 6.04 Å². The van der Waals surface area contributed by atoms with E-state index in [1.54, 1.807) is 0 Å². The lowest BCUT2D eigenvalue weighted by molar-refractivity contribution is 0.264. The highest BCUT2D eigenvalue weighted by Gasteiger charge is 2.25. The maximum absolute atomic E-state index is 5.80. The minimum absolute atomic E-state index is 0.654. The predicted octanol–water partition coefficient (Wildman–Crippen LogP) is 2.19. The van der Waals surface area contributed by atoms with E-state index >= 15 is 0 Å². The van der Waals surface area contributed by atoms with Gasteiger partial charge < -0.3 is 15.0 Å². The maximum Gasteiger partial charge on any atom is 0.113 e. The number of anilines is 1. The highest BCUT2D eigenvalue weighted by Crippen LogP contribution is 2.22. The van der Waals surface area contributed by atoms with E-state index in [1.165, 1.54) is 19.5 Å². The lowest BCUT2D eigenvalue weighted by Crippen LogP contribution is -2.28. The zero-order valence-electron chi connectivity index (χ0n) is 11.7. The molecule has 19 heavy (non-hydrogen) atoms. The normalized spacial score (nSPS) is 20.7. The molecular weight excluding hydrogens is 236 g/mol. The van der Waals surface area contributed by atoms with Crippen molar-refractivity contribution in [1.82, 2.24) is 14.3 Å². The van der Waals surface area contributed by atoms with Gasteiger partial charge >= 0.3 is 0 Å². The van der Waals surface area contributed by atoms with Gasteiger partial charge in [-0.1, -0.05) is 0 Å². The van der Waals surface area contributed by atoms with Crippen molar-refractivity contribution in [3.05, 3.63) is 30.4 Å². The Hall–Kier alpha value is -1.55. The van der Waals surface area contributed by atoms with Gasteiger partial charge in [0.1, 0.15) is 5.82 Å². The van der Waals surface area contributed by atoms with Crippen molar-refractivity contribution < 1.29 is 0 Å². The second-order valence-corrected chi connectivity index (χ2v) is 5.88. The Bertz CT molecular complexity index is 573. The Balaban J connectivity index is 1.76. The number of nitrogens with two attached hydrogens (primary N) is 1. The zero-order chi connectivity index (χ0) is 13.4. The minimum Gasteiger partial charge on any atom is -0.399 e. The second kappa shape index (κ2) is 4.85. The molecule has 4 nitrogen and oxygen atoms in total. The molecule has 0 bridgehead atoms. The Morgan fingerprint density at radius 3 is 3.05 bits per heavy atom. The monoisotopic (exact) mass is 258 g/mol. The minimum atomic E-state index is 0.654. The Labute approximate surface area is 114 Å². The van der Waals surface area contributed by atoms with Crippen molar-refractivity contribution in [2.24, 2.45) is 5.92 Å². The molecule has 1 saturated heterocycles. The quantitative estimate of drug-likeness (QED) is 0.918. The second-order valence-electron chi connectivity index (χ2n) is 5.88. The van der Waals surface area contributed by atoms with Gasteiger partial charge in [0.2, 0.25) is 0 Å². The first kappa shape index (κ1) is 12.5. The van der Waals surface area contributed by atoms with Gasteiger partial charge in [0, 0.05) is 30.9 Å². The summed E-state index contributed by atoms with van der Waals surface area (Å²) in [7, 11) is 0. The van der Waals surface area contributed by atoms with E-state index in [-0.39, 0.29) is 0 Å². The van der Waals surface area contributed by atoms with Crippen molar-refractivity contribution in [3.63, 3.8) is 0 Å². The summed E-state index contributed by atoms with van der Waals surface area (Å²) in [5, 5.41) is 0. The molecule has 3 heterocycles. The third-order valence-electron chi connectivity index (χ3n) is 4.15. The first-order valence-corrected chi connectivity index (χ1v) is 7.09. The van der Waals surface area contributed by atoms with E-state index in [2.05, 4.69) is 28.1 Å². The lowest BCUT2D eigenvalue weighted by atomic mass is 10.0. The molecule has 2 aromatic heterocycles. The molecule has 0 spiro atoms. The smallest absolute Gasteiger partial charge is 0.113 e. The van der Waals surface area contributed by atoms with Crippen LogP contribution in [0.3, 0.4) is 0 Å². The molecule has 1 aliphatic rings. The Morgan fingerprint density at radius 1 is 1.47 bits per heavy atom. The summed E-state index contributed by atoms with van der Waals surface area (Å²) in [6, 6.07) is 4.57. The number of hydrogen-bond donors (Lipinski definition) is 1. The van der Waals surface area contributed by atoms with Crippen molar-refractivity contribution in [2.45, 2.75) is 32.7 Å². The molecule has 0 aromatic carbocycles. The lowest BCUT2D eigenvalue weighted by Gasteiger charge is -2.20. The summed E-state index contributed by atoms with van der Waals surface area (Å²) in [5.74, 6) is 1.89. The van der Waals surface area contributed by atoms with Crippen LogP contribution in [0, 0.1) is 5.92 Å². The summed E-state index contributed by atoms with van der Waals surface area (Å²) >= 11 is 0. The number of fused-ring (bicyclic) bond motifs is 1. The molecule has 3 rings (SSSR count). The van der Waals surface area contributed by atoms with Crippen LogP contribution in [0.2, 0.25) is 0 Å². The van der Waals surface area contributed by atoms with Crippen LogP contribution in [0.25, 0.3) is 5.52 Å². The average Bonchev–Trinajstić information content (AvgIpc) is 2.97. The number of imidazole rings is 1. The van der Waals surface area contributed by atoms with E-state index in [1.807, 2.05) is 24.5 Å². The fourth-order valence-electron chi connectivity index (χ4n) is 2.98. The highest BCUT2D eigenvalue weighted by molar-refractivity contribution is 5.55. The molecule has 1 aliphatic heterocycles. The molecule has 0 radical (unpaired) electrons. The SMILES string of the molecule is CC(C)N1CCC(Cc2ncc3cc(N)ccn23)C1. The summed E-state index contributed by atoms with van der Waals surface area (Å²) in [4.78, 5) is 7.11. The first-order chi connectivity index (χ1) is 9.13. The Morgan fingerprint density at radius 2 is 2.32 bits per heavy atom. The molecular formula is C15H22N4. The van der Waals surface area contributed by atoms with Gasteiger partial charge in [-0.2, -0.15) is 0 Å². The van der Waals surface area contributed by atoms with E-state index in [4.69, 9.17) is 5.73 Å². The van der Waals surface area contributed by atoms with E-state index in [9.17, 15) is 0 Å². The molecule has 2 aromatic rings. The molecule has 1 fully saturated rings. The third-order valence-corrected chi connectivity index (χ3v) is 4.15. The molecule has 102 valence electrons. The largest absolute Gasteiger partial charge is 0.399 e. The number of likely N-dealkylation sites (tertiary alicyclic amines) is 1. The molecule has 0 amide bonds. The van der Waals surface area contributed by atoms with Crippen LogP contribution in [0.15, 0.2) is 24.5 Å². The van der Waals surface area contributed by atoms with Crippen LogP contribution >= 0.6 is 0 Å². The highest BCUT2D eigenvalue weighted by atomic mass is 15.2. The molecule has 0 saturated carbocycles. The summed E-state index contributed by atoms with van der Waals surface area (Å²) in [6.07, 6.45) is 6.28. The fraction of sp³-hybridized carbons (Fsp3) is 0.533. The number of pyridine rings is 1. The van der Waals surface area contributed by atoms with Crippen LogP contribution in [0.1, 0.15) is 26.1 Å². The van der Waals surface area contributed by atoms with Crippen molar-refractivity contribution in [2.75, 3.05) is 18.8 Å². The van der Waals surface area contributed by atoms with Gasteiger partial charge in [0.05, 0.1) is 11.7 Å². The van der Waals surface area contributed by atoms with Crippen molar-refractivity contribution in [1.29, 1.82) is 0 Å². The Kier molecular flexibility index (Phi) is 3.19. The zero-order valence-corrected chi connectivity index (χ0v) is 11.7. The van der Waals surface area contributed by atoms with Crippen LogP contribution in [0.4, 0.5) is 5.69 Å². The molecule has 0 aliphatic carbocycles. The van der Waals surface area contributed by atoms with Gasteiger partial charge in [-0.3, -0.25) is 0 Å². The van der Waals surface area contributed by atoms with Crippen molar-refractivity contribution in [3.8, 4) is 0 Å². The first-order valence-electron chi connectivity index (χ1n) is 7.09. The fourth-order valence-corrected chi connectivity index (χ4v) is 2.98. The van der Waals surface area contributed by atoms with E-state index in [0.717, 1.165) is 29.4 Å². The maximum atomic E-state index is 5.80. The predicted molar refractivity (Wildman–Crippen MR) is 78.1 cm³/mol. The number of aromatic nitrogens is 2. The van der Waals surface area contributed by atoms with Crippen LogP contribution in [-0.2, 0) is 6.42 Å². The molecule has 4 heteroatoms. The van der Waals surface area contributed by atoms with E-state index < -0.39 is 0 Å². The molecule has 1 unspecified atom stereocenters. The van der Waals surface area contributed by atoms with Gasteiger partial charge in [-0.05, 0) is 44.9 Å². The average molecular weight is 258 g/mol. The number of nitrogens with zero attached hydrogens (tertiary/aromatic N) is 3. The van der Waals surface area contributed by atoms with Gasteiger partial charge in [0.15, 0.2) is 0 Å². The number of rotatable bonds is 3. The standard InChI is InChI=1S/C15H22N4/c1-11(2)18-5-3-12(10-18)7-15-17-9-14-8-13(16)4-6-19(14)15/h4,6,8-9,11-12H,3,5,7,10,16H2,1-2H3. The summed E-state index contributed by atoms with van der Waals surface area (Å²) in [6.45, 7) is 6.96. The van der Waals surface area contributed by atoms with Gasteiger partial charge in [-0.15, -0.1) is 0 Å². The van der Waals surface area contributed by atoms with Crippen molar-refractivity contribution >= 4 is 11.2 Å². The molecule has 1 atom stereocenters. The molecule has 2 N–H and O–H groups in total. The topological polar surface area (TPSA) is 46.6 Å². The third kappa shape index (κ3) is 2.45. The van der Waals surface area contributed by atoms with Crippen LogP contribution in [0.5, 0.6) is 0 Å². The van der Waals surface area contributed by atoms with Crippen LogP contribution in [-0.4, -0.2) is 33.4 Å². The van der Waals surface area contributed by atoms with Crippen LogP contribution < -0.4 is 5.73 Å². The van der Waals surface area contributed by atoms with Gasteiger partial charge in [-0.25, -0.2) is 4.98 Å².